The number of aliphatic hydroxyl groups excluding tert-OH is 1. The summed E-state index contributed by atoms with van der Waals surface area (Å²) in [5.74, 6) is -0.0781. The van der Waals surface area contributed by atoms with Crippen LogP contribution in [0.2, 0.25) is 5.02 Å². The van der Waals surface area contributed by atoms with Crippen molar-refractivity contribution in [1.82, 2.24) is 5.32 Å². The molecule has 0 bridgehead atoms. The molecule has 0 radical (unpaired) electrons. The van der Waals surface area contributed by atoms with Gasteiger partial charge in [0.2, 0.25) is 5.91 Å². The molecule has 5 heteroatoms. The van der Waals surface area contributed by atoms with Gasteiger partial charge in [-0.05, 0) is 36.6 Å². The summed E-state index contributed by atoms with van der Waals surface area (Å²) >= 11 is 5.75. The Morgan fingerprint density at radius 3 is 2.38 bits per heavy atom. The Morgan fingerprint density at radius 1 is 1.19 bits per heavy atom. The summed E-state index contributed by atoms with van der Waals surface area (Å²) < 4.78 is 0. The van der Waals surface area contributed by atoms with E-state index in [-0.39, 0.29) is 30.4 Å². The SMILES string of the molecule is CC(C)C(O)CCNC(=O)CCC(=O)c1ccc(Cl)cc1. The van der Waals surface area contributed by atoms with E-state index in [2.05, 4.69) is 5.32 Å². The first kappa shape index (κ1) is 17.7. The van der Waals surface area contributed by atoms with Crippen LogP contribution in [0.4, 0.5) is 0 Å². The van der Waals surface area contributed by atoms with Crippen LogP contribution in [-0.4, -0.2) is 29.4 Å². The van der Waals surface area contributed by atoms with E-state index in [1.54, 1.807) is 24.3 Å². The van der Waals surface area contributed by atoms with Crippen LogP contribution in [0.5, 0.6) is 0 Å². The molecule has 1 aromatic rings. The molecule has 21 heavy (non-hydrogen) atoms. The number of aliphatic hydroxyl groups is 1. The lowest BCUT2D eigenvalue weighted by Gasteiger charge is -2.14. The summed E-state index contributed by atoms with van der Waals surface area (Å²) in [6, 6.07) is 6.62. The molecule has 0 aromatic heterocycles. The van der Waals surface area contributed by atoms with Gasteiger partial charge in [0.1, 0.15) is 0 Å². The normalized spacial score (nSPS) is 12.2. The van der Waals surface area contributed by atoms with E-state index in [0.717, 1.165) is 0 Å². The number of hydrogen-bond donors (Lipinski definition) is 2. The van der Waals surface area contributed by atoms with Gasteiger partial charge in [-0.2, -0.15) is 0 Å². The second-order valence-electron chi connectivity index (χ2n) is 5.38. The molecule has 0 saturated heterocycles. The maximum Gasteiger partial charge on any atom is 0.220 e. The van der Waals surface area contributed by atoms with Gasteiger partial charge < -0.3 is 10.4 Å². The topological polar surface area (TPSA) is 66.4 Å². The van der Waals surface area contributed by atoms with E-state index in [1.165, 1.54) is 0 Å². The summed E-state index contributed by atoms with van der Waals surface area (Å²) in [6.07, 6.45) is 0.425. The second kappa shape index (κ2) is 8.80. The summed E-state index contributed by atoms with van der Waals surface area (Å²) in [7, 11) is 0. The molecule has 0 aliphatic rings. The molecule has 1 atom stereocenters. The Balaban J connectivity index is 2.26. The quantitative estimate of drug-likeness (QED) is 0.725. The van der Waals surface area contributed by atoms with Crippen LogP contribution in [0.3, 0.4) is 0 Å². The minimum absolute atomic E-state index is 0.0796. The molecule has 0 spiro atoms. The number of nitrogens with one attached hydrogen (secondary N) is 1. The number of hydrogen-bond acceptors (Lipinski definition) is 3. The number of benzene rings is 1. The Bertz CT molecular complexity index is 471. The first-order valence-corrected chi connectivity index (χ1v) is 7.51. The fourth-order valence-corrected chi connectivity index (χ4v) is 1.91. The molecule has 0 fully saturated rings. The zero-order chi connectivity index (χ0) is 15.8. The fraction of sp³-hybridized carbons (Fsp3) is 0.500. The van der Waals surface area contributed by atoms with E-state index in [0.29, 0.717) is 23.6 Å². The Labute approximate surface area is 130 Å². The van der Waals surface area contributed by atoms with Crippen molar-refractivity contribution in [2.75, 3.05) is 6.54 Å². The van der Waals surface area contributed by atoms with Gasteiger partial charge in [0.15, 0.2) is 5.78 Å². The predicted molar refractivity (Wildman–Crippen MR) is 83.5 cm³/mol. The van der Waals surface area contributed by atoms with E-state index in [4.69, 9.17) is 11.6 Å². The van der Waals surface area contributed by atoms with Crippen LogP contribution >= 0.6 is 11.6 Å². The number of carbonyl (C=O) groups excluding carboxylic acids is 2. The van der Waals surface area contributed by atoms with Gasteiger partial charge in [-0.25, -0.2) is 0 Å². The van der Waals surface area contributed by atoms with Crippen molar-refractivity contribution in [3.8, 4) is 0 Å². The van der Waals surface area contributed by atoms with Gasteiger partial charge in [-0.1, -0.05) is 25.4 Å². The van der Waals surface area contributed by atoms with E-state index >= 15 is 0 Å². The highest BCUT2D eigenvalue weighted by atomic mass is 35.5. The van der Waals surface area contributed by atoms with Gasteiger partial charge in [0.05, 0.1) is 6.10 Å². The maximum absolute atomic E-state index is 11.9. The zero-order valence-electron chi connectivity index (χ0n) is 12.4. The number of amides is 1. The highest BCUT2D eigenvalue weighted by Gasteiger charge is 2.11. The molecule has 2 N–H and O–H groups in total. The van der Waals surface area contributed by atoms with E-state index < -0.39 is 6.10 Å². The molecular weight excluding hydrogens is 290 g/mol. The fourth-order valence-electron chi connectivity index (χ4n) is 1.79. The van der Waals surface area contributed by atoms with Crippen molar-refractivity contribution < 1.29 is 14.7 Å². The van der Waals surface area contributed by atoms with Crippen molar-refractivity contribution in [1.29, 1.82) is 0 Å². The first-order valence-electron chi connectivity index (χ1n) is 7.13. The molecule has 1 aromatic carbocycles. The monoisotopic (exact) mass is 311 g/mol. The van der Waals surface area contributed by atoms with Crippen molar-refractivity contribution in [2.24, 2.45) is 5.92 Å². The van der Waals surface area contributed by atoms with Crippen LogP contribution in [-0.2, 0) is 4.79 Å². The highest BCUT2D eigenvalue weighted by molar-refractivity contribution is 6.30. The molecule has 0 heterocycles. The zero-order valence-corrected chi connectivity index (χ0v) is 13.2. The van der Waals surface area contributed by atoms with Crippen molar-refractivity contribution >= 4 is 23.3 Å². The Kier molecular flexibility index (Phi) is 7.40. The maximum atomic E-state index is 11.9. The molecule has 0 aliphatic carbocycles. The molecular formula is C16H22ClNO3. The van der Waals surface area contributed by atoms with E-state index in [1.807, 2.05) is 13.8 Å². The molecule has 0 aliphatic heterocycles. The minimum atomic E-state index is -0.416. The lowest BCUT2D eigenvalue weighted by molar-refractivity contribution is -0.121. The number of halogens is 1. The predicted octanol–water partition coefficient (Wildman–Crippen LogP) is 2.83. The van der Waals surface area contributed by atoms with Crippen LogP contribution in [0.25, 0.3) is 0 Å². The average molecular weight is 312 g/mol. The number of ketones is 1. The minimum Gasteiger partial charge on any atom is -0.393 e. The molecule has 1 amide bonds. The molecule has 1 rings (SSSR count). The lowest BCUT2D eigenvalue weighted by Crippen LogP contribution is -2.28. The lowest BCUT2D eigenvalue weighted by atomic mass is 10.0. The smallest absolute Gasteiger partial charge is 0.220 e. The average Bonchev–Trinajstić information content (AvgIpc) is 2.45. The summed E-state index contributed by atoms with van der Waals surface area (Å²) in [4.78, 5) is 23.5. The van der Waals surface area contributed by atoms with Gasteiger partial charge in [-0.3, -0.25) is 9.59 Å². The van der Waals surface area contributed by atoms with Gasteiger partial charge in [0.25, 0.3) is 0 Å². The van der Waals surface area contributed by atoms with E-state index in [9.17, 15) is 14.7 Å². The van der Waals surface area contributed by atoms with Gasteiger partial charge in [0, 0.05) is 30.0 Å². The number of Topliss-reactive ketones (excluding diaryl/α,β-unsaturated/α-hetero) is 1. The van der Waals surface area contributed by atoms with Crippen LogP contribution in [0.1, 0.15) is 43.5 Å². The van der Waals surface area contributed by atoms with Gasteiger partial charge in [-0.15, -0.1) is 0 Å². The Hall–Kier alpha value is -1.39. The van der Waals surface area contributed by atoms with Crippen molar-refractivity contribution in [2.45, 2.75) is 39.2 Å². The molecule has 0 saturated carbocycles. The van der Waals surface area contributed by atoms with Gasteiger partial charge >= 0.3 is 0 Å². The number of rotatable bonds is 8. The largest absolute Gasteiger partial charge is 0.393 e. The van der Waals surface area contributed by atoms with Crippen molar-refractivity contribution in [3.05, 3.63) is 34.9 Å². The Morgan fingerprint density at radius 2 is 1.81 bits per heavy atom. The van der Waals surface area contributed by atoms with Crippen LogP contribution in [0.15, 0.2) is 24.3 Å². The van der Waals surface area contributed by atoms with Crippen LogP contribution < -0.4 is 5.32 Å². The molecule has 116 valence electrons. The highest BCUT2D eigenvalue weighted by Crippen LogP contribution is 2.12. The summed E-state index contributed by atoms with van der Waals surface area (Å²) in [6.45, 7) is 4.28. The van der Waals surface area contributed by atoms with Crippen LogP contribution in [0, 0.1) is 5.92 Å². The first-order chi connectivity index (χ1) is 9.90. The van der Waals surface area contributed by atoms with Crippen molar-refractivity contribution in [3.63, 3.8) is 0 Å². The third kappa shape index (κ3) is 6.74. The molecule has 4 nitrogen and oxygen atoms in total. The second-order valence-corrected chi connectivity index (χ2v) is 5.82. The summed E-state index contributed by atoms with van der Waals surface area (Å²) in [5, 5.41) is 12.9. The third-order valence-corrected chi connectivity index (χ3v) is 3.53. The standard InChI is InChI=1S/C16H22ClNO3/c1-11(2)14(19)9-10-18-16(21)8-7-15(20)12-3-5-13(17)6-4-12/h3-6,11,14,19H,7-10H2,1-2H3,(H,18,21). The molecule has 1 unspecified atom stereocenters. The third-order valence-electron chi connectivity index (χ3n) is 3.28. The summed E-state index contributed by atoms with van der Waals surface area (Å²) in [5.41, 5.74) is 0.558. The number of carbonyl (C=O) groups is 2.